The van der Waals surface area contributed by atoms with Gasteiger partial charge in [0.05, 0.1) is 16.8 Å². The summed E-state index contributed by atoms with van der Waals surface area (Å²) in [7, 11) is -3.66. The molecule has 0 unspecified atom stereocenters. The lowest BCUT2D eigenvalue weighted by molar-refractivity contribution is 0.322. The van der Waals surface area contributed by atoms with Crippen LogP contribution in [0.2, 0.25) is 0 Å². The molecule has 0 aliphatic carbocycles. The molecule has 0 aliphatic rings. The summed E-state index contributed by atoms with van der Waals surface area (Å²) in [5, 5.41) is 11.5. The molecule has 0 heterocycles. The van der Waals surface area contributed by atoms with Crippen LogP contribution in [0.1, 0.15) is 11.1 Å². The Labute approximate surface area is 117 Å². The maximum absolute atomic E-state index is 12.3. The number of hydrogen-bond acceptors (Lipinski definition) is 4. The van der Waals surface area contributed by atoms with Gasteiger partial charge in [0, 0.05) is 5.56 Å². The predicted molar refractivity (Wildman–Crippen MR) is 77.8 cm³/mol. The Morgan fingerprint density at radius 1 is 1.10 bits per heavy atom. The van der Waals surface area contributed by atoms with E-state index in [0.29, 0.717) is 11.3 Å². The zero-order valence-corrected chi connectivity index (χ0v) is 11.6. The highest BCUT2D eigenvalue weighted by molar-refractivity contribution is 7.92. The summed E-state index contributed by atoms with van der Waals surface area (Å²) in [6, 6.07) is 13.2. The Morgan fingerprint density at radius 3 is 2.40 bits per heavy atom. The summed E-state index contributed by atoms with van der Waals surface area (Å²) < 4.78 is 27.0. The van der Waals surface area contributed by atoms with Crippen LogP contribution in [0.3, 0.4) is 0 Å². The number of hydrogen-bond donors (Lipinski definition) is 2. The topological polar surface area (TPSA) is 78.8 Å². The molecular weight excluding hydrogens is 276 g/mol. The minimum atomic E-state index is -3.66. The van der Waals surface area contributed by atoms with E-state index in [9.17, 15) is 8.42 Å². The smallest absolute Gasteiger partial charge is 0.261 e. The quantitative estimate of drug-likeness (QED) is 0.516. The van der Waals surface area contributed by atoms with Gasteiger partial charge in [0.2, 0.25) is 0 Å². The summed E-state index contributed by atoms with van der Waals surface area (Å²) >= 11 is 0. The molecule has 2 N–H and O–H groups in total. The second-order valence-corrected chi connectivity index (χ2v) is 5.93. The minimum Gasteiger partial charge on any atom is -0.411 e. The first-order valence-corrected chi connectivity index (χ1v) is 7.37. The molecule has 0 fully saturated rings. The van der Waals surface area contributed by atoms with Crippen LogP contribution in [0, 0.1) is 6.92 Å². The summed E-state index contributed by atoms with van der Waals surface area (Å²) in [6.07, 6.45) is 1.17. The second kappa shape index (κ2) is 5.75. The average molecular weight is 290 g/mol. The minimum absolute atomic E-state index is 0.179. The zero-order chi connectivity index (χ0) is 14.6. The Morgan fingerprint density at radius 2 is 1.75 bits per heavy atom. The van der Waals surface area contributed by atoms with E-state index < -0.39 is 10.0 Å². The van der Waals surface area contributed by atoms with Crippen molar-refractivity contribution in [3.8, 4) is 0 Å². The van der Waals surface area contributed by atoms with Gasteiger partial charge in [-0.1, -0.05) is 41.1 Å². The molecule has 0 aliphatic heterocycles. The first-order valence-electron chi connectivity index (χ1n) is 5.89. The molecule has 0 radical (unpaired) electrons. The Hall–Kier alpha value is -2.34. The Kier molecular flexibility index (Phi) is 4.05. The van der Waals surface area contributed by atoms with E-state index >= 15 is 0 Å². The highest BCUT2D eigenvalue weighted by atomic mass is 32.2. The van der Waals surface area contributed by atoms with Crippen molar-refractivity contribution in [3.05, 3.63) is 59.7 Å². The predicted octanol–water partition coefficient (Wildman–Crippen LogP) is 2.60. The standard InChI is InChI=1S/C14H14N2O3S/c1-11-6-8-13(9-7-11)20(18,19)16-14-5-3-2-4-12(14)10-15-17/h2-10,16-17H,1H3/b15-10+. The number of oxime groups is 1. The van der Waals surface area contributed by atoms with Gasteiger partial charge in [0.25, 0.3) is 10.0 Å². The summed E-state index contributed by atoms with van der Waals surface area (Å²) in [5.74, 6) is 0. The van der Waals surface area contributed by atoms with Gasteiger partial charge in [0.15, 0.2) is 0 Å². The molecule has 5 nitrogen and oxygen atoms in total. The molecule has 104 valence electrons. The third-order valence-electron chi connectivity index (χ3n) is 2.73. The number of nitrogens with zero attached hydrogens (tertiary/aromatic N) is 1. The molecular formula is C14H14N2O3S. The molecule has 2 aromatic rings. The summed E-state index contributed by atoms with van der Waals surface area (Å²) in [4.78, 5) is 0.179. The molecule has 0 amide bonds. The number of anilines is 1. The molecule has 0 saturated carbocycles. The fourth-order valence-electron chi connectivity index (χ4n) is 1.69. The number of nitrogens with one attached hydrogen (secondary N) is 1. The van der Waals surface area contributed by atoms with Crippen molar-refractivity contribution in [1.82, 2.24) is 0 Å². The normalized spacial score (nSPS) is 11.7. The SMILES string of the molecule is Cc1ccc(S(=O)(=O)Nc2ccccc2/C=N/O)cc1. The number of sulfonamides is 1. The van der Waals surface area contributed by atoms with E-state index in [1.807, 2.05) is 6.92 Å². The highest BCUT2D eigenvalue weighted by Gasteiger charge is 2.15. The first kappa shape index (κ1) is 14.1. The van der Waals surface area contributed by atoms with E-state index in [0.717, 1.165) is 5.56 Å². The van der Waals surface area contributed by atoms with Gasteiger partial charge in [0.1, 0.15) is 0 Å². The van der Waals surface area contributed by atoms with Crippen LogP contribution in [0.4, 0.5) is 5.69 Å². The van der Waals surface area contributed by atoms with Gasteiger partial charge in [-0.15, -0.1) is 0 Å². The van der Waals surface area contributed by atoms with Crippen molar-refractivity contribution in [3.63, 3.8) is 0 Å². The monoisotopic (exact) mass is 290 g/mol. The Bertz CT molecular complexity index is 722. The van der Waals surface area contributed by atoms with Crippen molar-refractivity contribution in [1.29, 1.82) is 0 Å². The van der Waals surface area contributed by atoms with Crippen LogP contribution in [0.15, 0.2) is 58.6 Å². The fraction of sp³-hybridized carbons (Fsp3) is 0.0714. The molecule has 0 bridgehead atoms. The molecule has 0 aromatic heterocycles. The van der Waals surface area contributed by atoms with Crippen molar-refractivity contribution in [2.24, 2.45) is 5.16 Å². The second-order valence-electron chi connectivity index (χ2n) is 4.25. The molecule has 2 rings (SSSR count). The largest absolute Gasteiger partial charge is 0.411 e. The third kappa shape index (κ3) is 3.16. The summed E-state index contributed by atoms with van der Waals surface area (Å²) in [5.41, 5.74) is 1.81. The average Bonchev–Trinajstić information content (AvgIpc) is 2.41. The van der Waals surface area contributed by atoms with Gasteiger partial charge in [-0.05, 0) is 25.1 Å². The van der Waals surface area contributed by atoms with Crippen LogP contribution in [-0.4, -0.2) is 19.8 Å². The van der Waals surface area contributed by atoms with E-state index in [-0.39, 0.29) is 4.90 Å². The first-order chi connectivity index (χ1) is 9.53. The van der Waals surface area contributed by atoms with Crippen molar-refractivity contribution < 1.29 is 13.6 Å². The van der Waals surface area contributed by atoms with Crippen LogP contribution in [0.5, 0.6) is 0 Å². The van der Waals surface area contributed by atoms with Crippen molar-refractivity contribution >= 4 is 21.9 Å². The van der Waals surface area contributed by atoms with Crippen LogP contribution in [-0.2, 0) is 10.0 Å². The van der Waals surface area contributed by atoms with Gasteiger partial charge in [-0.2, -0.15) is 0 Å². The number of rotatable bonds is 4. The number of para-hydroxylation sites is 1. The van der Waals surface area contributed by atoms with E-state index in [2.05, 4.69) is 9.88 Å². The van der Waals surface area contributed by atoms with Crippen LogP contribution >= 0.6 is 0 Å². The number of benzene rings is 2. The lowest BCUT2D eigenvalue weighted by atomic mass is 10.2. The summed E-state index contributed by atoms with van der Waals surface area (Å²) in [6.45, 7) is 1.89. The van der Waals surface area contributed by atoms with Gasteiger partial charge >= 0.3 is 0 Å². The van der Waals surface area contributed by atoms with E-state index in [4.69, 9.17) is 5.21 Å². The molecule has 0 spiro atoms. The zero-order valence-electron chi connectivity index (χ0n) is 10.8. The molecule has 0 saturated heterocycles. The van der Waals surface area contributed by atoms with Gasteiger partial charge in [-0.3, -0.25) is 4.72 Å². The highest BCUT2D eigenvalue weighted by Crippen LogP contribution is 2.19. The van der Waals surface area contributed by atoms with Crippen LogP contribution in [0.25, 0.3) is 0 Å². The third-order valence-corrected chi connectivity index (χ3v) is 4.11. The molecule has 2 aromatic carbocycles. The van der Waals surface area contributed by atoms with Gasteiger partial charge < -0.3 is 5.21 Å². The molecule has 20 heavy (non-hydrogen) atoms. The molecule has 0 atom stereocenters. The molecule has 6 heteroatoms. The van der Waals surface area contributed by atoms with E-state index in [1.54, 1.807) is 48.5 Å². The van der Waals surface area contributed by atoms with Crippen LogP contribution < -0.4 is 4.72 Å². The Balaban J connectivity index is 2.36. The number of aryl methyl sites for hydroxylation is 1. The maximum Gasteiger partial charge on any atom is 0.261 e. The lowest BCUT2D eigenvalue weighted by Gasteiger charge is -2.10. The van der Waals surface area contributed by atoms with Gasteiger partial charge in [-0.25, -0.2) is 8.42 Å². The van der Waals surface area contributed by atoms with Crippen molar-refractivity contribution in [2.45, 2.75) is 11.8 Å². The fourth-order valence-corrected chi connectivity index (χ4v) is 2.77. The van der Waals surface area contributed by atoms with E-state index in [1.165, 1.54) is 6.21 Å². The van der Waals surface area contributed by atoms with Crippen molar-refractivity contribution in [2.75, 3.05) is 4.72 Å². The maximum atomic E-state index is 12.3. The lowest BCUT2D eigenvalue weighted by Crippen LogP contribution is -2.14.